The van der Waals surface area contributed by atoms with Crippen LogP contribution in [0.15, 0.2) is 103 Å². The van der Waals surface area contributed by atoms with Gasteiger partial charge in [0, 0.05) is 10.9 Å². The summed E-state index contributed by atoms with van der Waals surface area (Å²) in [5, 5.41) is 1.07. The molecule has 0 aliphatic heterocycles. The van der Waals surface area contributed by atoms with Crippen molar-refractivity contribution in [2.45, 2.75) is 6.92 Å². The Morgan fingerprint density at radius 3 is 1.79 bits per heavy atom. The highest BCUT2D eigenvalue weighted by atomic mass is 14.9. The average Bonchev–Trinajstić information content (AvgIpc) is 2.79. The van der Waals surface area contributed by atoms with Crippen LogP contribution in [-0.4, -0.2) is 9.97 Å². The van der Waals surface area contributed by atoms with Gasteiger partial charge in [-0.25, -0.2) is 9.97 Å². The van der Waals surface area contributed by atoms with Crippen molar-refractivity contribution in [3.05, 3.63) is 109 Å². The Bertz CT molecular complexity index is 1290. The summed E-state index contributed by atoms with van der Waals surface area (Å²) in [6.45, 7) is 1.95. The van der Waals surface area contributed by atoms with Crippen LogP contribution >= 0.6 is 0 Å². The van der Waals surface area contributed by atoms with Crippen LogP contribution in [0, 0.1) is 6.92 Å². The van der Waals surface area contributed by atoms with Crippen molar-refractivity contribution in [1.82, 2.24) is 9.97 Å². The summed E-state index contributed by atoms with van der Waals surface area (Å²) < 4.78 is 0. The van der Waals surface area contributed by atoms with Crippen LogP contribution in [0.2, 0.25) is 0 Å². The van der Waals surface area contributed by atoms with E-state index in [1.54, 1.807) is 0 Å². The van der Waals surface area contributed by atoms with E-state index in [0.29, 0.717) is 0 Å². The van der Waals surface area contributed by atoms with Crippen LogP contribution in [0.1, 0.15) is 5.82 Å². The summed E-state index contributed by atoms with van der Waals surface area (Å²) in [5.41, 5.74) is 7.87. The summed E-state index contributed by atoms with van der Waals surface area (Å²) in [6, 6.07) is 35.9. The predicted molar refractivity (Wildman–Crippen MR) is 121 cm³/mol. The van der Waals surface area contributed by atoms with E-state index in [1.807, 2.05) is 31.2 Å². The van der Waals surface area contributed by atoms with Crippen molar-refractivity contribution >= 4 is 10.9 Å². The van der Waals surface area contributed by atoms with Crippen LogP contribution in [0.5, 0.6) is 0 Å². The van der Waals surface area contributed by atoms with Gasteiger partial charge in [-0.15, -0.1) is 0 Å². The van der Waals surface area contributed by atoms with Gasteiger partial charge in [0.2, 0.25) is 0 Å². The molecule has 0 saturated carbocycles. The molecule has 0 bridgehead atoms. The van der Waals surface area contributed by atoms with Crippen molar-refractivity contribution < 1.29 is 0 Å². The molecule has 5 rings (SSSR count). The van der Waals surface area contributed by atoms with Gasteiger partial charge in [-0.2, -0.15) is 0 Å². The summed E-state index contributed by atoms with van der Waals surface area (Å²) in [4.78, 5) is 9.47. The molecule has 0 unspecified atom stereocenters. The quantitative estimate of drug-likeness (QED) is 0.343. The zero-order valence-electron chi connectivity index (χ0n) is 16.2. The summed E-state index contributed by atoms with van der Waals surface area (Å²) >= 11 is 0. The van der Waals surface area contributed by atoms with Crippen molar-refractivity contribution in [1.29, 1.82) is 0 Å². The first-order valence-electron chi connectivity index (χ1n) is 9.78. The Kier molecular flexibility index (Phi) is 4.38. The van der Waals surface area contributed by atoms with Gasteiger partial charge < -0.3 is 0 Å². The van der Waals surface area contributed by atoms with E-state index in [1.165, 1.54) is 16.7 Å². The minimum absolute atomic E-state index is 0.782. The van der Waals surface area contributed by atoms with Crippen LogP contribution < -0.4 is 0 Å². The summed E-state index contributed by atoms with van der Waals surface area (Å²) in [7, 11) is 0. The van der Waals surface area contributed by atoms with E-state index in [2.05, 4.69) is 78.9 Å². The Hall–Kier alpha value is -3.78. The third-order valence-corrected chi connectivity index (χ3v) is 5.18. The van der Waals surface area contributed by atoms with E-state index in [-0.39, 0.29) is 0 Å². The predicted octanol–water partition coefficient (Wildman–Crippen LogP) is 6.94. The van der Waals surface area contributed by atoms with E-state index in [0.717, 1.165) is 33.5 Å². The Morgan fingerprint density at radius 2 is 1.10 bits per heavy atom. The molecule has 0 radical (unpaired) electrons. The lowest BCUT2D eigenvalue weighted by Gasteiger charge is -2.12. The number of nitrogens with zero attached hydrogens (tertiary/aromatic N) is 2. The van der Waals surface area contributed by atoms with Crippen LogP contribution in [0.3, 0.4) is 0 Å². The molecule has 138 valence electrons. The van der Waals surface area contributed by atoms with Gasteiger partial charge >= 0.3 is 0 Å². The van der Waals surface area contributed by atoms with E-state index >= 15 is 0 Å². The molecule has 4 aromatic carbocycles. The van der Waals surface area contributed by atoms with Crippen LogP contribution in [-0.2, 0) is 0 Å². The number of fused-ring (bicyclic) bond motifs is 1. The number of benzene rings is 4. The molecule has 0 N–H and O–H groups in total. The molecule has 0 aliphatic carbocycles. The normalized spacial score (nSPS) is 10.9. The molecule has 0 atom stereocenters. The van der Waals surface area contributed by atoms with E-state index in [4.69, 9.17) is 9.97 Å². The smallest absolute Gasteiger partial charge is 0.126 e. The Balaban J connectivity index is 1.70. The third kappa shape index (κ3) is 3.30. The summed E-state index contributed by atoms with van der Waals surface area (Å²) in [5.74, 6) is 0.782. The fourth-order valence-electron chi connectivity index (χ4n) is 3.83. The molecule has 0 amide bonds. The van der Waals surface area contributed by atoms with Crippen LogP contribution in [0.4, 0.5) is 0 Å². The zero-order valence-corrected chi connectivity index (χ0v) is 16.2. The fraction of sp³-hybridized carbons (Fsp3) is 0.0370. The summed E-state index contributed by atoms with van der Waals surface area (Å²) in [6.07, 6.45) is 0. The SMILES string of the molecule is Cc1nc(-c2ccccc2)c2ccc(-c3ccccc3-c3ccccc3)cc2n1. The van der Waals surface area contributed by atoms with Crippen molar-refractivity contribution in [3.63, 3.8) is 0 Å². The average molecular weight is 372 g/mol. The molecule has 0 fully saturated rings. The van der Waals surface area contributed by atoms with Crippen molar-refractivity contribution in [3.8, 4) is 33.5 Å². The largest absolute Gasteiger partial charge is 0.233 e. The first-order valence-corrected chi connectivity index (χ1v) is 9.78. The second-order valence-electron chi connectivity index (χ2n) is 7.13. The highest BCUT2D eigenvalue weighted by Crippen LogP contribution is 2.34. The van der Waals surface area contributed by atoms with E-state index in [9.17, 15) is 0 Å². The van der Waals surface area contributed by atoms with Gasteiger partial charge in [0.05, 0.1) is 11.2 Å². The van der Waals surface area contributed by atoms with Gasteiger partial charge in [0.25, 0.3) is 0 Å². The number of aromatic nitrogens is 2. The molecule has 0 aliphatic rings. The number of aryl methyl sites for hydroxylation is 1. The minimum atomic E-state index is 0.782. The lowest BCUT2D eigenvalue weighted by molar-refractivity contribution is 1.10. The molecule has 1 aromatic heterocycles. The zero-order chi connectivity index (χ0) is 19.6. The lowest BCUT2D eigenvalue weighted by atomic mass is 9.93. The molecule has 0 saturated heterocycles. The fourth-order valence-corrected chi connectivity index (χ4v) is 3.83. The number of rotatable bonds is 3. The van der Waals surface area contributed by atoms with Gasteiger partial charge in [-0.1, -0.05) is 91.0 Å². The molecule has 2 heteroatoms. The number of hydrogen-bond donors (Lipinski definition) is 0. The van der Waals surface area contributed by atoms with Gasteiger partial charge in [-0.05, 0) is 41.3 Å². The first-order chi connectivity index (χ1) is 14.3. The second-order valence-corrected chi connectivity index (χ2v) is 7.13. The molecule has 5 aromatic rings. The Labute approximate surface area is 170 Å². The monoisotopic (exact) mass is 372 g/mol. The van der Waals surface area contributed by atoms with Crippen molar-refractivity contribution in [2.24, 2.45) is 0 Å². The molecule has 0 spiro atoms. The second kappa shape index (κ2) is 7.33. The molecule has 2 nitrogen and oxygen atoms in total. The maximum atomic E-state index is 4.74. The highest BCUT2D eigenvalue weighted by Gasteiger charge is 2.11. The van der Waals surface area contributed by atoms with Gasteiger partial charge in [0.1, 0.15) is 5.82 Å². The standard InChI is InChI=1S/C27H20N2/c1-19-28-26-18-22(16-17-25(26)27(29-19)21-12-6-3-7-13-21)24-15-9-8-14-23(24)20-10-4-2-5-11-20/h2-18H,1H3. The Morgan fingerprint density at radius 1 is 0.517 bits per heavy atom. The highest BCUT2D eigenvalue weighted by molar-refractivity contribution is 5.96. The maximum absolute atomic E-state index is 4.74. The first kappa shape index (κ1) is 17.3. The topological polar surface area (TPSA) is 25.8 Å². The van der Waals surface area contributed by atoms with Crippen LogP contribution in [0.25, 0.3) is 44.4 Å². The molecular formula is C27H20N2. The minimum Gasteiger partial charge on any atom is -0.233 e. The molecule has 29 heavy (non-hydrogen) atoms. The van der Waals surface area contributed by atoms with Gasteiger partial charge in [0.15, 0.2) is 0 Å². The van der Waals surface area contributed by atoms with E-state index < -0.39 is 0 Å². The maximum Gasteiger partial charge on any atom is 0.126 e. The number of hydrogen-bond acceptors (Lipinski definition) is 2. The molecule has 1 heterocycles. The lowest BCUT2D eigenvalue weighted by Crippen LogP contribution is -1.95. The van der Waals surface area contributed by atoms with Crippen molar-refractivity contribution in [2.75, 3.05) is 0 Å². The third-order valence-electron chi connectivity index (χ3n) is 5.18. The molecular weight excluding hydrogens is 352 g/mol. The van der Waals surface area contributed by atoms with Gasteiger partial charge in [-0.3, -0.25) is 0 Å².